The predicted octanol–water partition coefficient (Wildman–Crippen LogP) is 4.16. The number of rotatable bonds is 8. The van der Waals surface area contributed by atoms with Crippen LogP contribution in [0.25, 0.3) is 0 Å². The number of ether oxygens (including phenoxy) is 2. The van der Waals surface area contributed by atoms with Gasteiger partial charge in [-0.1, -0.05) is 33.8 Å². The molecule has 7 nitrogen and oxygen atoms in total. The van der Waals surface area contributed by atoms with Gasteiger partial charge < -0.3 is 29.1 Å². The number of esters is 1. The van der Waals surface area contributed by atoms with Crippen molar-refractivity contribution in [1.82, 2.24) is 0 Å². The number of alkyl halides is 1. The first-order chi connectivity index (χ1) is 18.3. The maximum Gasteiger partial charge on any atom is 0.494 e. The molecule has 2 saturated carbocycles. The number of hydrogen-bond donors (Lipinski definition) is 2. The smallest absolute Gasteiger partial charge is 0.479 e. The van der Waals surface area contributed by atoms with Crippen molar-refractivity contribution in [3.8, 4) is 5.75 Å². The van der Waals surface area contributed by atoms with Crippen LogP contribution in [0.4, 0.5) is 4.39 Å². The van der Waals surface area contributed by atoms with Crippen LogP contribution in [0.3, 0.4) is 0 Å². The predicted molar refractivity (Wildman–Crippen MR) is 146 cm³/mol. The molecule has 1 aromatic carbocycles. The summed E-state index contributed by atoms with van der Waals surface area (Å²) in [4.78, 5) is 25.2. The second-order valence-corrected chi connectivity index (χ2v) is 13.1. The largest absolute Gasteiger partial charge is 0.494 e. The molecule has 0 amide bonds. The van der Waals surface area contributed by atoms with Crippen LogP contribution in [0.2, 0.25) is 0 Å². The minimum atomic E-state index is -1.37. The van der Waals surface area contributed by atoms with Crippen LogP contribution in [0.1, 0.15) is 78.7 Å². The van der Waals surface area contributed by atoms with Crippen LogP contribution in [0.15, 0.2) is 12.1 Å². The first-order valence-corrected chi connectivity index (χ1v) is 14.5. The Kier molecular flexibility index (Phi) is 8.78. The Balaban J connectivity index is 1.59. The van der Waals surface area contributed by atoms with Gasteiger partial charge in [0, 0.05) is 28.6 Å². The molecule has 2 N–H and O–H groups in total. The van der Waals surface area contributed by atoms with Crippen LogP contribution in [0.5, 0.6) is 5.75 Å². The maximum absolute atomic E-state index is 14.9. The minimum absolute atomic E-state index is 0.0207. The minimum Gasteiger partial charge on any atom is -0.479 e. The van der Waals surface area contributed by atoms with Gasteiger partial charge in [0.2, 0.25) is 0 Å². The normalized spacial score (nSPS) is 36.1. The molecule has 3 aliphatic rings. The summed E-state index contributed by atoms with van der Waals surface area (Å²) < 4.78 is 31.6. The number of benzene rings is 1. The number of Topliss-reactive ketones (excluding diaryl/α,β-unsaturated/α-hetero) is 1. The highest BCUT2D eigenvalue weighted by molar-refractivity contribution is 6.61. The average Bonchev–Trinajstić information content (AvgIpc) is 3.28. The fourth-order valence-electron chi connectivity index (χ4n) is 7.27. The molecule has 1 aliphatic heterocycles. The topological polar surface area (TPSA) is 102 Å². The maximum atomic E-state index is 14.9. The highest BCUT2D eigenvalue weighted by Gasteiger charge is 2.59. The monoisotopic (exact) mass is 566 g/mol. The Morgan fingerprint density at radius 1 is 1.28 bits per heavy atom. The molecule has 10 heteroatoms. The zero-order valence-corrected chi connectivity index (χ0v) is 24.4. The summed E-state index contributed by atoms with van der Waals surface area (Å²) in [6.07, 6.45) is 2.64. The quantitative estimate of drug-likeness (QED) is 0.277. The van der Waals surface area contributed by atoms with Crippen LogP contribution >= 0.6 is 11.6 Å². The van der Waals surface area contributed by atoms with E-state index in [4.69, 9.17) is 25.7 Å². The number of carbonyl (C=O) groups is 2. The number of fused-ring (bicyclic) bond motifs is 3. The molecule has 7 atom stereocenters. The van der Waals surface area contributed by atoms with Crippen molar-refractivity contribution in [3.63, 3.8) is 0 Å². The number of halogens is 2. The average molecular weight is 567 g/mol. The Labute approximate surface area is 235 Å². The Morgan fingerprint density at radius 3 is 2.67 bits per heavy atom. The lowest BCUT2D eigenvalue weighted by molar-refractivity contribution is -0.193. The van der Waals surface area contributed by atoms with E-state index in [1.54, 1.807) is 13.0 Å². The molecule has 1 heterocycles. The van der Waals surface area contributed by atoms with Gasteiger partial charge in [0.1, 0.15) is 11.9 Å². The SMILES string of the molecule is CC(=O)CC[C@]12CC[C@@H](C)[C@](C)(C1)[C@H](OC(=O)COc1ccc3c(c1F)B(O)OC3)C[C@@](C)(CCl)[C@@H](O)[C@@H]2C. The van der Waals surface area contributed by atoms with E-state index in [9.17, 15) is 24.1 Å². The van der Waals surface area contributed by atoms with Crippen LogP contribution in [-0.4, -0.2) is 53.7 Å². The summed E-state index contributed by atoms with van der Waals surface area (Å²) in [6.45, 7) is 9.49. The van der Waals surface area contributed by atoms with Crippen LogP contribution < -0.4 is 10.2 Å². The lowest BCUT2D eigenvalue weighted by Crippen LogP contribution is -2.59. The Bertz CT molecular complexity index is 1100. The van der Waals surface area contributed by atoms with Crippen molar-refractivity contribution in [3.05, 3.63) is 23.5 Å². The molecule has 0 aromatic heterocycles. The Morgan fingerprint density at radius 2 is 2.00 bits per heavy atom. The molecule has 4 rings (SSSR count). The van der Waals surface area contributed by atoms with Gasteiger partial charge in [-0.3, -0.25) is 0 Å². The molecule has 1 aromatic rings. The third-order valence-electron chi connectivity index (χ3n) is 10.3. The molecular weight excluding hydrogens is 526 g/mol. The summed E-state index contributed by atoms with van der Waals surface area (Å²) >= 11 is 6.49. The molecule has 216 valence electrons. The molecule has 0 spiro atoms. The van der Waals surface area contributed by atoms with Crippen molar-refractivity contribution >= 4 is 35.9 Å². The Hall–Kier alpha value is -1.68. The third-order valence-corrected chi connectivity index (χ3v) is 10.9. The molecule has 0 saturated heterocycles. The molecule has 2 fully saturated rings. The van der Waals surface area contributed by atoms with Crippen molar-refractivity contribution in [1.29, 1.82) is 0 Å². The number of ketones is 1. The first-order valence-electron chi connectivity index (χ1n) is 13.9. The van der Waals surface area contributed by atoms with Gasteiger partial charge in [-0.05, 0) is 67.9 Å². The standard InChI is InChI=1S/C29H41BClFO7/c1-17-8-10-29(11-9-18(2)33)15-28(17,5)22(12-27(4,16-31)26(35)19(29)3)39-23(34)14-37-21-7-6-20-13-38-30(36)24(20)25(21)32/h6-7,17,19,22,26,35-36H,8-16H2,1-5H3/t17-,19+,22-,26+,27+,28+,29-/m1/s1. The van der Waals surface area contributed by atoms with E-state index >= 15 is 0 Å². The first kappa shape index (κ1) is 30.3. The van der Waals surface area contributed by atoms with E-state index in [-0.39, 0.29) is 46.7 Å². The van der Waals surface area contributed by atoms with E-state index < -0.39 is 48.5 Å². The summed E-state index contributed by atoms with van der Waals surface area (Å²) in [6, 6.07) is 3.01. The van der Waals surface area contributed by atoms with E-state index in [2.05, 4.69) is 20.8 Å². The van der Waals surface area contributed by atoms with Crippen molar-refractivity contribution in [2.75, 3.05) is 12.5 Å². The van der Waals surface area contributed by atoms with Crippen molar-refractivity contribution < 1.29 is 38.2 Å². The van der Waals surface area contributed by atoms with Gasteiger partial charge in [0.15, 0.2) is 18.2 Å². The number of aliphatic hydroxyl groups is 1. The fourth-order valence-corrected chi connectivity index (χ4v) is 7.53. The molecule has 39 heavy (non-hydrogen) atoms. The number of aliphatic hydroxyl groups excluding tert-OH is 1. The summed E-state index contributed by atoms with van der Waals surface area (Å²) in [5.74, 6) is -1.14. The zero-order chi connectivity index (χ0) is 28.8. The summed E-state index contributed by atoms with van der Waals surface area (Å²) in [5.41, 5.74) is -0.892. The lowest BCUT2D eigenvalue weighted by atomic mass is 9.47. The van der Waals surface area contributed by atoms with E-state index in [0.29, 0.717) is 31.2 Å². The number of carbonyl (C=O) groups excluding carboxylic acids is 2. The fraction of sp³-hybridized carbons (Fsp3) is 0.724. The molecule has 2 bridgehead atoms. The zero-order valence-electron chi connectivity index (χ0n) is 23.6. The van der Waals surface area contributed by atoms with E-state index in [1.165, 1.54) is 6.07 Å². The third kappa shape index (κ3) is 5.61. The molecule has 0 unspecified atom stereocenters. The van der Waals surface area contributed by atoms with Crippen molar-refractivity contribution in [2.45, 2.75) is 92.0 Å². The van der Waals surface area contributed by atoms with Gasteiger partial charge in [0.05, 0.1) is 12.7 Å². The van der Waals surface area contributed by atoms with Gasteiger partial charge in [-0.25, -0.2) is 9.18 Å². The van der Waals surface area contributed by atoms with Gasteiger partial charge in [0.25, 0.3) is 0 Å². The van der Waals surface area contributed by atoms with Crippen LogP contribution in [0, 0.1) is 33.9 Å². The van der Waals surface area contributed by atoms with Gasteiger partial charge in [-0.15, -0.1) is 11.6 Å². The van der Waals surface area contributed by atoms with Crippen LogP contribution in [-0.2, 0) is 25.6 Å². The van der Waals surface area contributed by atoms with Gasteiger partial charge in [-0.2, -0.15) is 0 Å². The second kappa shape index (κ2) is 11.3. The molecule has 0 radical (unpaired) electrons. The molecule has 2 aliphatic carbocycles. The number of hydrogen-bond acceptors (Lipinski definition) is 7. The second-order valence-electron chi connectivity index (χ2n) is 12.8. The summed E-state index contributed by atoms with van der Waals surface area (Å²) in [5, 5.41) is 21.5. The highest BCUT2D eigenvalue weighted by Crippen LogP contribution is 2.62. The van der Waals surface area contributed by atoms with E-state index in [1.807, 2.05) is 6.92 Å². The van der Waals surface area contributed by atoms with Crippen molar-refractivity contribution in [2.24, 2.45) is 28.1 Å². The highest BCUT2D eigenvalue weighted by atomic mass is 35.5. The molecular formula is C29H41BClFO7. The van der Waals surface area contributed by atoms with Gasteiger partial charge >= 0.3 is 13.1 Å². The lowest BCUT2D eigenvalue weighted by Gasteiger charge is -2.60. The summed E-state index contributed by atoms with van der Waals surface area (Å²) in [7, 11) is -1.37. The van der Waals surface area contributed by atoms with E-state index in [0.717, 1.165) is 12.8 Å².